The van der Waals surface area contributed by atoms with Crippen LogP contribution in [0.3, 0.4) is 0 Å². The molecule has 80 valence electrons. The van der Waals surface area contributed by atoms with Crippen molar-refractivity contribution in [3.8, 4) is 0 Å². The molecule has 1 N–H and O–H groups in total. The summed E-state index contributed by atoms with van der Waals surface area (Å²) < 4.78 is 0. The molecule has 0 aliphatic heterocycles. The third-order valence-electron chi connectivity index (χ3n) is 2.70. The molecule has 2 unspecified atom stereocenters. The predicted octanol–water partition coefficient (Wildman–Crippen LogP) is 3.47. The third kappa shape index (κ3) is 6.09. The van der Waals surface area contributed by atoms with Gasteiger partial charge in [0.2, 0.25) is 0 Å². The minimum Gasteiger partial charge on any atom is -0.393 e. The topological polar surface area (TPSA) is 20.2 Å². The van der Waals surface area contributed by atoms with Gasteiger partial charge in [-0.05, 0) is 37.0 Å². The number of aliphatic hydroxyl groups is 1. The molecule has 0 saturated carbocycles. The van der Waals surface area contributed by atoms with Crippen molar-refractivity contribution in [1.82, 2.24) is 0 Å². The Morgan fingerprint density at radius 1 is 1.08 bits per heavy atom. The van der Waals surface area contributed by atoms with Crippen LogP contribution in [0.5, 0.6) is 0 Å². The summed E-state index contributed by atoms with van der Waals surface area (Å²) in [4.78, 5) is 0. The monoisotopic (exact) mass is 186 g/mol. The molecule has 0 amide bonds. The highest BCUT2D eigenvalue weighted by molar-refractivity contribution is 4.72. The molecule has 0 heterocycles. The summed E-state index contributed by atoms with van der Waals surface area (Å²) in [6, 6.07) is 0. The molecule has 0 saturated heterocycles. The zero-order valence-corrected chi connectivity index (χ0v) is 10.1. The van der Waals surface area contributed by atoms with Gasteiger partial charge in [0.05, 0.1) is 6.10 Å². The van der Waals surface area contributed by atoms with Crippen molar-refractivity contribution in [2.45, 2.75) is 60.5 Å². The third-order valence-corrected chi connectivity index (χ3v) is 2.70. The fourth-order valence-electron chi connectivity index (χ4n) is 1.73. The van der Waals surface area contributed by atoms with E-state index in [0.29, 0.717) is 17.3 Å². The molecular weight excluding hydrogens is 160 g/mol. The summed E-state index contributed by atoms with van der Waals surface area (Å²) in [5.74, 6) is 1.04. The first-order chi connectivity index (χ1) is 5.74. The van der Waals surface area contributed by atoms with Crippen molar-refractivity contribution < 1.29 is 5.11 Å². The zero-order valence-electron chi connectivity index (χ0n) is 10.1. The summed E-state index contributed by atoms with van der Waals surface area (Å²) in [6.45, 7) is 13.1. The quantitative estimate of drug-likeness (QED) is 0.713. The van der Waals surface area contributed by atoms with Gasteiger partial charge in [0, 0.05) is 0 Å². The first-order valence-corrected chi connectivity index (χ1v) is 5.42. The van der Waals surface area contributed by atoms with Crippen LogP contribution < -0.4 is 0 Å². The highest BCUT2D eigenvalue weighted by Gasteiger charge is 2.21. The van der Waals surface area contributed by atoms with Crippen molar-refractivity contribution in [3.63, 3.8) is 0 Å². The summed E-state index contributed by atoms with van der Waals surface area (Å²) in [7, 11) is 0. The average molecular weight is 186 g/mol. The number of aliphatic hydroxyl groups excluding tert-OH is 1. The van der Waals surface area contributed by atoms with Crippen LogP contribution in [0.15, 0.2) is 0 Å². The van der Waals surface area contributed by atoms with Gasteiger partial charge in [-0.15, -0.1) is 0 Å². The lowest BCUT2D eigenvalue weighted by Crippen LogP contribution is -2.23. The Bertz CT molecular complexity index is 123. The summed E-state index contributed by atoms with van der Waals surface area (Å²) in [5, 5.41) is 9.58. The van der Waals surface area contributed by atoms with E-state index in [1.54, 1.807) is 0 Å². The van der Waals surface area contributed by atoms with Gasteiger partial charge >= 0.3 is 0 Å². The maximum atomic E-state index is 9.58. The van der Waals surface area contributed by atoms with Crippen molar-refractivity contribution in [1.29, 1.82) is 0 Å². The van der Waals surface area contributed by atoms with Crippen LogP contribution in [-0.4, -0.2) is 11.2 Å². The molecule has 0 aromatic heterocycles. The van der Waals surface area contributed by atoms with Crippen LogP contribution in [-0.2, 0) is 0 Å². The minimum atomic E-state index is -0.164. The van der Waals surface area contributed by atoms with E-state index in [4.69, 9.17) is 0 Å². The number of rotatable bonds is 4. The molecule has 1 heteroatoms. The molecule has 0 rings (SSSR count). The highest BCUT2D eigenvalue weighted by Crippen LogP contribution is 2.28. The van der Waals surface area contributed by atoms with Crippen molar-refractivity contribution in [2.75, 3.05) is 0 Å². The van der Waals surface area contributed by atoms with E-state index in [-0.39, 0.29) is 6.10 Å². The SMILES string of the molecule is CC(C)C(CCC(C)(C)C)C(C)O. The molecular formula is C12H26O. The molecule has 0 aromatic carbocycles. The first-order valence-electron chi connectivity index (χ1n) is 5.42. The van der Waals surface area contributed by atoms with E-state index in [2.05, 4.69) is 34.6 Å². The van der Waals surface area contributed by atoms with E-state index in [9.17, 15) is 5.11 Å². The van der Waals surface area contributed by atoms with Crippen molar-refractivity contribution in [2.24, 2.45) is 17.3 Å². The lowest BCUT2D eigenvalue weighted by molar-refractivity contribution is 0.0836. The van der Waals surface area contributed by atoms with E-state index < -0.39 is 0 Å². The Hall–Kier alpha value is -0.0400. The van der Waals surface area contributed by atoms with Crippen LogP contribution in [0.1, 0.15) is 54.4 Å². The fourth-order valence-corrected chi connectivity index (χ4v) is 1.73. The Labute approximate surface area is 83.5 Å². The summed E-state index contributed by atoms with van der Waals surface area (Å²) in [6.07, 6.45) is 2.17. The van der Waals surface area contributed by atoms with Gasteiger partial charge in [0.15, 0.2) is 0 Å². The van der Waals surface area contributed by atoms with Crippen LogP contribution >= 0.6 is 0 Å². The van der Waals surface area contributed by atoms with Gasteiger partial charge in [-0.3, -0.25) is 0 Å². The standard InChI is InChI=1S/C12H26O/c1-9(2)11(10(3)13)7-8-12(4,5)6/h9-11,13H,7-8H2,1-6H3. The van der Waals surface area contributed by atoms with Crippen LogP contribution in [0.2, 0.25) is 0 Å². The van der Waals surface area contributed by atoms with Crippen LogP contribution in [0.4, 0.5) is 0 Å². The Kier molecular flexibility index (Phi) is 4.98. The van der Waals surface area contributed by atoms with Gasteiger partial charge in [-0.25, -0.2) is 0 Å². The van der Waals surface area contributed by atoms with Gasteiger partial charge in [-0.1, -0.05) is 34.6 Å². The average Bonchev–Trinajstić information content (AvgIpc) is 1.82. The molecule has 0 aliphatic rings. The van der Waals surface area contributed by atoms with E-state index in [1.807, 2.05) is 6.92 Å². The van der Waals surface area contributed by atoms with E-state index >= 15 is 0 Å². The molecule has 0 bridgehead atoms. The Balaban J connectivity index is 3.98. The van der Waals surface area contributed by atoms with Crippen LogP contribution in [0.25, 0.3) is 0 Å². The molecule has 0 aromatic rings. The Morgan fingerprint density at radius 2 is 1.54 bits per heavy atom. The van der Waals surface area contributed by atoms with E-state index in [0.717, 1.165) is 6.42 Å². The normalized spacial score (nSPS) is 17.5. The molecule has 13 heavy (non-hydrogen) atoms. The van der Waals surface area contributed by atoms with Gasteiger partial charge in [-0.2, -0.15) is 0 Å². The lowest BCUT2D eigenvalue weighted by atomic mass is 9.81. The second-order valence-corrected chi connectivity index (χ2v) is 5.75. The fraction of sp³-hybridized carbons (Fsp3) is 1.00. The first kappa shape index (κ1) is 13.0. The number of hydrogen-bond acceptors (Lipinski definition) is 1. The minimum absolute atomic E-state index is 0.164. The molecule has 0 radical (unpaired) electrons. The van der Waals surface area contributed by atoms with Crippen molar-refractivity contribution >= 4 is 0 Å². The largest absolute Gasteiger partial charge is 0.393 e. The predicted molar refractivity (Wildman–Crippen MR) is 58.7 cm³/mol. The van der Waals surface area contributed by atoms with Gasteiger partial charge in [0.25, 0.3) is 0 Å². The van der Waals surface area contributed by atoms with Gasteiger partial charge in [0.1, 0.15) is 0 Å². The zero-order chi connectivity index (χ0) is 10.6. The Morgan fingerprint density at radius 3 is 1.77 bits per heavy atom. The highest BCUT2D eigenvalue weighted by atomic mass is 16.3. The lowest BCUT2D eigenvalue weighted by Gasteiger charge is -2.27. The maximum absolute atomic E-state index is 9.58. The molecule has 1 nitrogen and oxygen atoms in total. The van der Waals surface area contributed by atoms with Crippen LogP contribution in [0, 0.1) is 17.3 Å². The molecule has 2 atom stereocenters. The molecule has 0 fully saturated rings. The summed E-state index contributed by atoms with van der Waals surface area (Å²) in [5.41, 5.74) is 0.391. The molecule has 0 aliphatic carbocycles. The maximum Gasteiger partial charge on any atom is 0.0542 e. The van der Waals surface area contributed by atoms with Gasteiger partial charge < -0.3 is 5.11 Å². The smallest absolute Gasteiger partial charge is 0.0542 e. The second kappa shape index (κ2) is 4.99. The second-order valence-electron chi connectivity index (χ2n) is 5.75. The number of hydrogen-bond donors (Lipinski definition) is 1. The van der Waals surface area contributed by atoms with Crippen molar-refractivity contribution in [3.05, 3.63) is 0 Å². The van der Waals surface area contributed by atoms with E-state index in [1.165, 1.54) is 6.42 Å². The molecule has 0 spiro atoms. The summed E-state index contributed by atoms with van der Waals surface area (Å²) >= 11 is 0.